The van der Waals surface area contributed by atoms with Gasteiger partial charge < -0.3 is 14.7 Å². The van der Waals surface area contributed by atoms with Gasteiger partial charge in [0.05, 0.1) is 12.1 Å². The molecule has 2 unspecified atom stereocenters. The second-order valence-electron chi connectivity index (χ2n) is 9.75. The molecule has 0 aromatic heterocycles. The van der Waals surface area contributed by atoms with E-state index in [1.54, 1.807) is 20.8 Å². The largest absolute Gasteiger partial charge is 0.528 e. The van der Waals surface area contributed by atoms with Gasteiger partial charge in [-0.05, 0) is 62.7 Å². The maximum Gasteiger partial charge on any atom is 0.528 e. The fourth-order valence-electron chi connectivity index (χ4n) is 4.62. The van der Waals surface area contributed by atoms with Crippen molar-refractivity contribution in [1.82, 2.24) is 5.48 Å². The van der Waals surface area contributed by atoms with Crippen molar-refractivity contribution >= 4 is 6.16 Å². The van der Waals surface area contributed by atoms with Crippen LogP contribution in [0.5, 0.6) is 0 Å². The number of carbonyl (C=O) groups is 1. The molecule has 0 aromatic carbocycles. The van der Waals surface area contributed by atoms with Crippen molar-refractivity contribution in [2.75, 3.05) is 6.61 Å². The summed E-state index contributed by atoms with van der Waals surface area (Å²) >= 11 is 0. The molecular weight excluding hydrogens is 294 g/mol. The van der Waals surface area contributed by atoms with E-state index in [1.807, 2.05) is 0 Å². The third-order valence-electron chi connectivity index (χ3n) is 5.64. The van der Waals surface area contributed by atoms with Crippen molar-refractivity contribution in [2.45, 2.75) is 78.9 Å². The fourth-order valence-corrected chi connectivity index (χ4v) is 4.62. The quantitative estimate of drug-likeness (QED) is 0.609. The summed E-state index contributed by atoms with van der Waals surface area (Å²) in [5, 5.41) is 9.88. The Morgan fingerprint density at radius 3 is 2.13 bits per heavy atom. The zero-order valence-corrected chi connectivity index (χ0v) is 15.7. The van der Waals surface area contributed by atoms with Crippen LogP contribution in [0.4, 0.5) is 4.79 Å². The van der Waals surface area contributed by atoms with Crippen molar-refractivity contribution in [1.29, 1.82) is 0 Å². The van der Waals surface area contributed by atoms with Crippen molar-refractivity contribution in [2.24, 2.45) is 22.7 Å². The summed E-state index contributed by atoms with van der Waals surface area (Å²) in [5.41, 5.74) is 2.17. The normalized spacial score (nSPS) is 32.6. The molecule has 0 aromatic rings. The molecule has 0 bridgehead atoms. The Labute approximate surface area is 140 Å². The van der Waals surface area contributed by atoms with E-state index >= 15 is 0 Å². The van der Waals surface area contributed by atoms with Gasteiger partial charge in [-0.15, -0.1) is 5.48 Å². The second kappa shape index (κ2) is 5.62. The Balaban J connectivity index is 2.01. The molecular formula is C18H33NO4. The average Bonchev–Trinajstić information content (AvgIpc) is 3.01. The van der Waals surface area contributed by atoms with Gasteiger partial charge in [-0.3, -0.25) is 0 Å². The summed E-state index contributed by atoms with van der Waals surface area (Å²) in [6, 6.07) is 0. The monoisotopic (exact) mass is 327 g/mol. The Hall–Kier alpha value is -0.810. The van der Waals surface area contributed by atoms with Crippen molar-refractivity contribution in [3.8, 4) is 0 Å². The molecule has 0 heterocycles. The zero-order valence-electron chi connectivity index (χ0n) is 15.7. The average molecular weight is 327 g/mol. The van der Waals surface area contributed by atoms with Gasteiger partial charge in [0.1, 0.15) is 5.60 Å². The van der Waals surface area contributed by atoms with Crippen molar-refractivity contribution < 1.29 is 19.5 Å². The molecule has 5 heteroatoms. The number of carbonyl (C=O) groups excluding carboxylic acids is 1. The predicted molar refractivity (Wildman–Crippen MR) is 88.7 cm³/mol. The molecule has 0 radical (unpaired) electrons. The summed E-state index contributed by atoms with van der Waals surface area (Å²) in [6.07, 6.45) is 2.45. The van der Waals surface area contributed by atoms with E-state index in [9.17, 15) is 9.90 Å². The highest BCUT2D eigenvalue weighted by atomic mass is 16.8. The first kappa shape index (κ1) is 18.5. The maximum atomic E-state index is 11.7. The Kier molecular flexibility index (Phi) is 4.53. The summed E-state index contributed by atoms with van der Waals surface area (Å²) in [4.78, 5) is 16.8. The summed E-state index contributed by atoms with van der Waals surface area (Å²) in [7, 11) is 0. The molecule has 5 nitrogen and oxygen atoms in total. The number of rotatable bonds is 4. The fraction of sp³-hybridized carbons (Fsp3) is 0.944. The first-order valence-electron chi connectivity index (χ1n) is 8.61. The lowest BCUT2D eigenvalue weighted by Gasteiger charge is -2.37. The topological polar surface area (TPSA) is 67.8 Å². The minimum atomic E-state index is -0.749. The molecule has 2 aliphatic rings. The van der Waals surface area contributed by atoms with Gasteiger partial charge >= 0.3 is 6.16 Å². The molecule has 2 N–H and O–H groups in total. The van der Waals surface area contributed by atoms with Gasteiger partial charge in [0.15, 0.2) is 0 Å². The summed E-state index contributed by atoms with van der Waals surface area (Å²) < 4.78 is 5.14. The lowest BCUT2D eigenvalue weighted by atomic mass is 9.68. The van der Waals surface area contributed by atoms with Gasteiger partial charge in [0, 0.05) is 0 Å². The molecule has 0 spiro atoms. The highest BCUT2D eigenvalue weighted by Crippen LogP contribution is 2.65. The summed E-state index contributed by atoms with van der Waals surface area (Å²) in [6.45, 7) is 14.6. The van der Waals surface area contributed by atoms with Crippen LogP contribution < -0.4 is 5.48 Å². The van der Waals surface area contributed by atoms with Gasteiger partial charge in [-0.25, -0.2) is 4.79 Å². The zero-order chi connectivity index (χ0) is 17.7. The molecule has 2 fully saturated rings. The van der Waals surface area contributed by atoms with Crippen LogP contribution in [-0.4, -0.2) is 29.0 Å². The number of hydroxylamine groups is 1. The molecule has 0 aliphatic heterocycles. The van der Waals surface area contributed by atoms with E-state index in [2.05, 4.69) is 33.2 Å². The maximum absolute atomic E-state index is 11.7. The molecule has 23 heavy (non-hydrogen) atoms. The molecule has 2 rings (SSSR count). The number of ether oxygens (including phenoxy) is 1. The Bertz CT molecular complexity index is 450. The van der Waals surface area contributed by atoms with Crippen molar-refractivity contribution in [3.63, 3.8) is 0 Å². The van der Waals surface area contributed by atoms with Crippen LogP contribution in [-0.2, 0) is 9.57 Å². The van der Waals surface area contributed by atoms with Gasteiger partial charge in [-0.2, -0.15) is 0 Å². The highest BCUT2D eigenvalue weighted by molar-refractivity contribution is 5.60. The third kappa shape index (κ3) is 3.82. The third-order valence-corrected chi connectivity index (χ3v) is 5.64. The molecule has 134 valence electrons. The van der Waals surface area contributed by atoms with Crippen LogP contribution >= 0.6 is 0 Å². The lowest BCUT2D eigenvalue weighted by molar-refractivity contribution is -0.0534. The van der Waals surface area contributed by atoms with Gasteiger partial charge in [0.25, 0.3) is 0 Å². The van der Waals surface area contributed by atoms with E-state index in [0.717, 1.165) is 6.42 Å². The smallest absolute Gasteiger partial charge is 0.427 e. The lowest BCUT2D eigenvalue weighted by Crippen LogP contribution is -2.43. The predicted octanol–water partition coefficient (Wildman–Crippen LogP) is 3.66. The van der Waals surface area contributed by atoms with Crippen LogP contribution in [0.25, 0.3) is 0 Å². The van der Waals surface area contributed by atoms with E-state index < -0.39 is 17.3 Å². The first-order valence-corrected chi connectivity index (χ1v) is 8.61. The molecule has 2 aliphatic carbocycles. The van der Waals surface area contributed by atoms with Crippen molar-refractivity contribution in [3.05, 3.63) is 0 Å². The first-order chi connectivity index (χ1) is 10.3. The van der Waals surface area contributed by atoms with Crippen LogP contribution in [0.15, 0.2) is 0 Å². The van der Waals surface area contributed by atoms with Crippen LogP contribution in [0, 0.1) is 22.7 Å². The molecule has 0 amide bonds. The van der Waals surface area contributed by atoms with Gasteiger partial charge in [0.2, 0.25) is 0 Å². The minimum absolute atomic E-state index is 0.0386. The van der Waals surface area contributed by atoms with Crippen LogP contribution in [0.3, 0.4) is 0 Å². The Morgan fingerprint density at radius 2 is 1.70 bits per heavy atom. The van der Waals surface area contributed by atoms with E-state index in [0.29, 0.717) is 11.8 Å². The van der Waals surface area contributed by atoms with E-state index in [1.165, 1.54) is 12.8 Å². The number of hydrogen-bond donors (Lipinski definition) is 2. The number of hydrogen-bond acceptors (Lipinski definition) is 5. The van der Waals surface area contributed by atoms with Crippen LogP contribution in [0.2, 0.25) is 0 Å². The Morgan fingerprint density at radius 1 is 1.17 bits per heavy atom. The second-order valence-corrected chi connectivity index (χ2v) is 9.75. The number of aliphatic hydroxyl groups is 1. The number of aliphatic hydroxyl groups excluding tert-OH is 1. The minimum Gasteiger partial charge on any atom is -0.427 e. The van der Waals surface area contributed by atoms with E-state index in [-0.39, 0.29) is 17.4 Å². The molecule has 2 saturated carbocycles. The van der Waals surface area contributed by atoms with Crippen LogP contribution in [0.1, 0.15) is 67.7 Å². The van der Waals surface area contributed by atoms with E-state index in [4.69, 9.17) is 9.57 Å². The molecule has 2 atom stereocenters. The summed E-state index contributed by atoms with van der Waals surface area (Å²) in [5.74, 6) is 0.791. The SMILES string of the molecule is CC(C)(C)OC(=O)ONC1(CO)CC1C1C(C)(C)CCC1(C)C. The number of nitrogens with one attached hydrogen (secondary N) is 1. The van der Waals surface area contributed by atoms with Gasteiger partial charge in [-0.1, -0.05) is 27.7 Å². The molecule has 0 saturated heterocycles. The standard InChI is InChI=1S/C18H33NO4/c1-15(2,3)22-14(21)23-19-18(11-20)10-12(18)13-16(4,5)8-9-17(13,6)7/h12-13,19-20H,8-11H2,1-7H3. The highest BCUT2D eigenvalue weighted by Gasteiger charge is 2.65.